The number of aromatic nitrogens is 2. The van der Waals surface area contributed by atoms with Crippen LogP contribution in [0.2, 0.25) is 0 Å². The molecule has 1 aromatic heterocycles. The molecule has 1 saturated heterocycles. The van der Waals surface area contributed by atoms with Gasteiger partial charge in [0.15, 0.2) is 0 Å². The van der Waals surface area contributed by atoms with Crippen LogP contribution in [0.5, 0.6) is 0 Å². The number of esters is 1. The van der Waals surface area contributed by atoms with E-state index in [2.05, 4.69) is 15.3 Å². The van der Waals surface area contributed by atoms with Crippen LogP contribution >= 0.6 is 0 Å². The summed E-state index contributed by atoms with van der Waals surface area (Å²) in [4.78, 5) is 59.9. The van der Waals surface area contributed by atoms with Crippen LogP contribution in [-0.2, 0) is 25.5 Å². The summed E-state index contributed by atoms with van der Waals surface area (Å²) in [6, 6.07) is -0.773. The number of aromatic amines is 1. The first kappa shape index (κ1) is 30.0. The largest absolute Gasteiger partial charge is 0.460 e. The molecule has 0 radical (unpaired) electrons. The van der Waals surface area contributed by atoms with Crippen molar-refractivity contribution in [3.8, 4) is 0 Å². The zero-order valence-electron chi connectivity index (χ0n) is 22.8. The number of amides is 2. The molecule has 5 atom stereocenters. The number of ketones is 1. The first-order valence-electron chi connectivity index (χ1n) is 13.4. The standard InChI is InChI=1S/C28H39N5O6/c1-17-6-4-10-30-25(36)9-8-18(2)26(19(3)15-29)39-28(38)23-7-5-11-33(23)27(37)22-16-31-24(32-22)14-21(35)13-20(34)12-17/h4,6,8-9,12,16,18-20,23,26,34H,5,7,10-11,13-15,29H2,1-3H3,(H,30,36)(H,31,32)/b6-4+,9-8+,17-12+/t18-,19+,20-,23-,26+/m1/s1. The van der Waals surface area contributed by atoms with Crippen molar-refractivity contribution in [2.75, 3.05) is 19.6 Å². The van der Waals surface area contributed by atoms with Gasteiger partial charge in [-0.05, 0) is 32.4 Å². The van der Waals surface area contributed by atoms with Gasteiger partial charge in [-0.3, -0.25) is 14.4 Å². The van der Waals surface area contributed by atoms with Crippen molar-refractivity contribution < 1.29 is 29.0 Å². The zero-order valence-corrected chi connectivity index (χ0v) is 22.8. The number of cyclic esters (lactones) is 1. The molecule has 11 nitrogen and oxygen atoms in total. The van der Waals surface area contributed by atoms with Crippen molar-refractivity contribution in [3.05, 3.63) is 53.7 Å². The van der Waals surface area contributed by atoms with Gasteiger partial charge in [-0.2, -0.15) is 0 Å². The maximum atomic E-state index is 13.3. The molecule has 0 spiro atoms. The molecule has 2 aliphatic rings. The van der Waals surface area contributed by atoms with Gasteiger partial charge in [0.1, 0.15) is 29.4 Å². The van der Waals surface area contributed by atoms with E-state index >= 15 is 0 Å². The number of aliphatic hydroxyl groups is 1. The molecule has 0 unspecified atom stereocenters. The Kier molecular flexibility index (Phi) is 10.8. The lowest BCUT2D eigenvalue weighted by molar-refractivity contribution is -0.158. The monoisotopic (exact) mass is 541 g/mol. The van der Waals surface area contributed by atoms with Crippen molar-refractivity contribution in [2.24, 2.45) is 17.6 Å². The highest BCUT2D eigenvalue weighted by Crippen LogP contribution is 2.25. The van der Waals surface area contributed by atoms with Gasteiger partial charge in [0, 0.05) is 37.5 Å². The lowest BCUT2D eigenvalue weighted by Gasteiger charge is -2.30. The fourth-order valence-corrected chi connectivity index (χ4v) is 4.77. The summed E-state index contributed by atoms with van der Waals surface area (Å²) in [5, 5.41) is 13.0. The minimum atomic E-state index is -0.987. The smallest absolute Gasteiger partial charge is 0.329 e. The maximum Gasteiger partial charge on any atom is 0.329 e. The molecule has 212 valence electrons. The highest BCUT2D eigenvalue weighted by Gasteiger charge is 2.38. The van der Waals surface area contributed by atoms with Crippen LogP contribution in [0.15, 0.2) is 42.2 Å². The number of ether oxygens (including phenoxy) is 1. The second-order valence-corrected chi connectivity index (χ2v) is 10.3. The highest BCUT2D eigenvalue weighted by atomic mass is 16.5. The molecular weight excluding hydrogens is 502 g/mol. The van der Waals surface area contributed by atoms with E-state index in [9.17, 15) is 24.3 Å². The average Bonchev–Trinajstić information content (AvgIpc) is 3.57. The summed E-state index contributed by atoms with van der Waals surface area (Å²) in [6.45, 7) is 6.41. The molecular formula is C28H39N5O6. The molecule has 39 heavy (non-hydrogen) atoms. The number of aliphatic hydroxyl groups excluding tert-OH is 1. The van der Waals surface area contributed by atoms with Crippen molar-refractivity contribution in [1.29, 1.82) is 0 Å². The van der Waals surface area contributed by atoms with E-state index in [1.165, 1.54) is 17.2 Å². The van der Waals surface area contributed by atoms with Gasteiger partial charge in [-0.25, -0.2) is 9.78 Å². The van der Waals surface area contributed by atoms with E-state index in [1.807, 2.05) is 13.8 Å². The minimum Gasteiger partial charge on any atom is -0.460 e. The number of nitrogens with two attached hydrogens (primary N) is 1. The Labute approximate surface area is 228 Å². The van der Waals surface area contributed by atoms with E-state index in [0.29, 0.717) is 25.2 Å². The Morgan fingerprint density at radius 2 is 2.03 bits per heavy atom. The predicted molar refractivity (Wildman–Crippen MR) is 144 cm³/mol. The molecule has 3 heterocycles. The summed E-state index contributed by atoms with van der Waals surface area (Å²) < 4.78 is 5.90. The topological polar surface area (TPSA) is 168 Å². The number of allylic oxidation sites excluding steroid dienone is 2. The normalized spacial score (nSPS) is 30.0. The Balaban J connectivity index is 1.87. The Morgan fingerprint density at radius 3 is 2.77 bits per heavy atom. The van der Waals surface area contributed by atoms with Crippen LogP contribution in [0.3, 0.4) is 0 Å². The molecule has 1 aromatic rings. The number of rotatable bonds is 2. The predicted octanol–water partition coefficient (Wildman–Crippen LogP) is 1.21. The number of nitrogens with zero attached hydrogens (tertiary/aromatic N) is 2. The first-order chi connectivity index (χ1) is 18.6. The summed E-state index contributed by atoms with van der Waals surface area (Å²) in [6.07, 6.45) is 8.86. The van der Waals surface area contributed by atoms with Crippen molar-refractivity contribution in [3.63, 3.8) is 0 Å². The molecule has 0 saturated carbocycles. The molecule has 3 rings (SSSR count). The number of carbonyl (C=O) groups excluding carboxylic acids is 4. The highest BCUT2D eigenvalue weighted by molar-refractivity contribution is 5.95. The quantitative estimate of drug-likeness (QED) is 0.405. The number of imidazole rings is 1. The van der Waals surface area contributed by atoms with Crippen LogP contribution in [0.25, 0.3) is 0 Å². The number of hydrogen-bond donors (Lipinski definition) is 4. The second-order valence-electron chi connectivity index (χ2n) is 10.3. The van der Waals surface area contributed by atoms with Crippen LogP contribution in [0.1, 0.15) is 56.3 Å². The molecule has 11 heteroatoms. The second kappa shape index (κ2) is 14.0. The van der Waals surface area contributed by atoms with Gasteiger partial charge >= 0.3 is 5.97 Å². The number of H-pyrrole nitrogens is 1. The third kappa shape index (κ3) is 8.46. The number of fused-ring (bicyclic) bond motifs is 3. The molecule has 5 N–H and O–H groups in total. The molecule has 2 aliphatic heterocycles. The number of nitrogens with one attached hydrogen (secondary N) is 2. The lowest BCUT2D eigenvalue weighted by Crippen LogP contribution is -2.45. The average molecular weight is 542 g/mol. The van der Waals surface area contributed by atoms with E-state index in [4.69, 9.17) is 10.5 Å². The molecule has 0 aromatic carbocycles. The SMILES string of the molecule is CC1=C\[C@@H](O)CC(=O)Cc2nc(c[nH]2)C(=O)N2CCC[C@@H]2C(=O)O[C@H]([C@@H](C)CN)[C@H](C)/C=C/C(=O)NC\C=C\1. The Hall–Kier alpha value is -3.57. The molecule has 2 bridgehead atoms. The van der Waals surface area contributed by atoms with E-state index in [0.717, 1.165) is 5.57 Å². The number of hydrogen-bond acceptors (Lipinski definition) is 8. The fourth-order valence-electron chi connectivity index (χ4n) is 4.77. The van der Waals surface area contributed by atoms with Crippen molar-refractivity contribution >= 4 is 23.6 Å². The summed E-state index contributed by atoms with van der Waals surface area (Å²) in [5.74, 6) is -1.70. The summed E-state index contributed by atoms with van der Waals surface area (Å²) in [7, 11) is 0. The summed E-state index contributed by atoms with van der Waals surface area (Å²) in [5.41, 5.74) is 6.73. The van der Waals surface area contributed by atoms with E-state index < -0.39 is 30.1 Å². The van der Waals surface area contributed by atoms with Gasteiger partial charge in [0.25, 0.3) is 5.91 Å². The summed E-state index contributed by atoms with van der Waals surface area (Å²) >= 11 is 0. The van der Waals surface area contributed by atoms with Gasteiger partial charge in [-0.15, -0.1) is 0 Å². The maximum absolute atomic E-state index is 13.3. The Morgan fingerprint density at radius 1 is 1.26 bits per heavy atom. The van der Waals surface area contributed by atoms with Crippen LogP contribution in [0.4, 0.5) is 0 Å². The third-order valence-electron chi connectivity index (χ3n) is 6.92. The molecule has 1 fully saturated rings. The van der Waals surface area contributed by atoms with Crippen LogP contribution in [0, 0.1) is 11.8 Å². The van der Waals surface area contributed by atoms with E-state index in [-0.39, 0.29) is 55.2 Å². The minimum absolute atomic E-state index is 0.0753. The molecule has 0 aliphatic carbocycles. The third-order valence-corrected chi connectivity index (χ3v) is 6.92. The lowest BCUT2D eigenvalue weighted by atomic mass is 9.92. The van der Waals surface area contributed by atoms with Crippen molar-refractivity contribution in [1.82, 2.24) is 20.2 Å². The number of carbonyl (C=O) groups is 4. The Bertz CT molecular complexity index is 1140. The van der Waals surface area contributed by atoms with E-state index in [1.54, 1.807) is 31.2 Å². The van der Waals surface area contributed by atoms with Gasteiger partial charge in [0.2, 0.25) is 5.91 Å². The zero-order chi connectivity index (χ0) is 28.5. The van der Waals surface area contributed by atoms with Gasteiger partial charge in [0.05, 0.1) is 12.5 Å². The number of Topliss-reactive ketones (excluding diaryl/α,β-unsaturated/α-hetero) is 1. The van der Waals surface area contributed by atoms with Gasteiger partial charge in [-0.1, -0.05) is 43.7 Å². The fraction of sp³-hybridized carbons (Fsp3) is 0.536. The molecule has 2 amide bonds. The van der Waals surface area contributed by atoms with Crippen molar-refractivity contribution in [2.45, 2.75) is 64.7 Å². The van der Waals surface area contributed by atoms with Crippen LogP contribution in [-0.4, -0.2) is 81.4 Å². The van der Waals surface area contributed by atoms with Gasteiger partial charge < -0.3 is 30.8 Å². The van der Waals surface area contributed by atoms with Crippen LogP contribution < -0.4 is 11.1 Å². The first-order valence-corrected chi connectivity index (χ1v) is 13.4.